The molecule has 1 unspecified atom stereocenters. The van der Waals surface area contributed by atoms with Gasteiger partial charge in [-0.15, -0.1) is 0 Å². The summed E-state index contributed by atoms with van der Waals surface area (Å²) in [7, 11) is 0. The van der Waals surface area contributed by atoms with Gasteiger partial charge in [0.25, 0.3) is 5.91 Å². The average molecular weight is 308 g/mol. The predicted octanol–water partition coefficient (Wildman–Crippen LogP) is 4.47. The molecule has 1 atom stereocenters. The van der Waals surface area contributed by atoms with E-state index in [0.29, 0.717) is 0 Å². The Morgan fingerprint density at radius 1 is 0.913 bits per heavy atom. The van der Waals surface area contributed by atoms with Crippen molar-refractivity contribution in [3.05, 3.63) is 65.7 Å². The smallest absolute Gasteiger partial charge is 0.258 e. The van der Waals surface area contributed by atoms with Gasteiger partial charge in [0, 0.05) is 11.7 Å². The van der Waals surface area contributed by atoms with Gasteiger partial charge >= 0.3 is 0 Å². The lowest BCUT2D eigenvalue weighted by Gasteiger charge is -2.53. The van der Waals surface area contributed by atoms with E-state index in [9.17, 15) is 4.79 Å². The lowest BCUT2D eigenvalue weighted by atomic mass is 9.82. The third kappa shape index (κ3) is 2.31. The molecule has 1 heterocycles. The van der Waals surface area contributed by atoms with Crippen molar-refractivity contribution < 1.29 is 4.79 Å². The Labute approximate surface area is 138 Å². The summed E-state index contributed by atoms with van der Waals surface area (Å²) in [6.07, 6.45) is 0. The molecule has 23 heavy (non-hydrogen) atoms. The van der Waals surface area contributed by atoms with Crippen LogP contribution in [0.5, 0.6) is 0 Å². The monoisotopic (exact) mass is 308 g/mol. The molecule has 1 N–H and O–H groups in total. The summed E-state index contributed by atoms with van der Waals surface area (Å²) in [5, 5.41) is 3.69. The van der Waals surface area contributed by atoms with E-state index in [2.05, 4.69) is 45.1 Å². The number of carbonyl (C=O) groups excluding carboxylic acids is 1. The van der Waals surface area contributed by atoms with Crippen molar-refractivity contribution >= 4 is 11.6 Å². The molecule has 3 rings (SSSR count). The van der Waals surface area contributed by atoms with Gasteiger partial charge in [0.15, 0.2) is 0 Å². The fourth-order valence-electron chi connectivity index (χ4n) is 3.64. The SMILES string of the molecule is CC(C)N1C(=O)c2ccccc2NC1(c1ccccc1)C(C)C. The number of amides is 1. The van der Waals surface area contributed by atoms with E-state index in [1.807, 2.05) is 47.4 Å². The van der Waals surface area contributed by atoms with Crippen molar-refractivity contribution in [2.45, 2.75) is 39.4 Å². The van der Waals surface area contributed by atoms with Crippen LogP contribution in [0.2, 0.25) is 0 Å². The molecule has 0 bridgehead atoms. The summed E-state index contributed by atoms with van der Waals surface area (Å²) in [6, 6.07) is 18.1. The molecule has 0 saturated heterocycles. The molecule has 0 aromatic heterocycles. The zero-order chi connectivity index (χ0) is 16.6. The lowest BCUT2D eigenvalue weighted by molar-refractivity contribution is 0.0226. The predicted molar refractivity (Wildman–Crippen MR) is 94.3 cm³/mol. The Bertz CT molecular complexity index is 709. The van der Waals surface area contributed by atoms with E-state index in [1.165, 1.54) is 0 Å². The third-order valence-corrected chi connectivity index (χ3v) is 4.65. The molecule has 3 heteroatoms. The second kappa shape index (κ2) is 5.73. The maximum atomic E-state index is 13.2. The van der Waals surface area contributed by atoms with Gasteiger partial charge in [-0.05, 0) is 37.5 Å². The summed E-state index contributed by atoms with van der Waals surface area (Å²) in [5.41, 5.74) is 2.23. The molecule has 0 saturated carbocycles. The average Bonchev–Trinajstić information content (AvgIpc) is 2.54. The summed E-state index contributed by atoms with van der Waals surface area (Å²) in [4.78, 5) is 15.2. The Morgan fingerprint density at radius 3 is 2.13 bits per heavy atom. The summed E-state index contributed by atoms with van der Waals surface area (Å²) >= 11 is 0. The maximum Gasteiger partial charge on any atom is 0.258 e. The van der Waals surface area contributed by atoms with E-state index < -0.39 is 5.66 Å². The highest BCUT2D eigenvalue weighted by Crippen LogP contribution is 2.43. The molecular weight excluding hydrogens is 284 g/mol. The van der Waals surface area contributed by atoms with Crippen LogP contribution in [0.25, 0.3) is 0 Å². The Kier molecular flexibility index (Phi) is 3.88. The molecule has 2 aromatic rings. The largest absolute Gasteiger partial charge is 0.358 e. The van der Waals surface area contributed by atoms with Crippen LogP contribution < -0.4 is 5.32 Å². The summed E-state index contributed by atoms with van der Waals surface area (Å²) in [5.74, 6) is 0.302. The van der Waals surface area contributed by atoms with Gasteiger partial charge in [-0.2, -0.15) is 0 Å². The summed E-state index contributed by atoms with van der Waals surface area (Å²) < 4.78 is 0. The third-order valence-electron chi connectivity index (χ3n) is 4.65. The number of hydrogen-bond acceptors (Lipinski definition) is 2. The fourth-order valence-corrected chi connectivity index (χ4v) is 3.64. The van der Waals surface area contributed by atoms with Crippen molar-refractivity contribution in [2.24, 2.45) is 5.92 Å². The quantitative estimate of drug-likeness (QED) is 0.907. The molecule has 3 nitrogen and oxygen atoms in total. The molecule has 0 spiro atoms. The number of rotatable bonds is 3. The molecule has 0 fully saturated rings. The minimum Gasteiger partial charge on any atom is -0.358 e. The van der Waals surface area contributed by atoms with Gasteiger partial charge in [0.05, 0.1) is 5.56 Å². The highest BCUT2D eigenvalue weighted by molar-refractivity contribution is 6.02. The minimum atomic E-state index is -0.541. The van der Waals surface area contributed by atoms with Crippen molar-refractivity contribution in [1.82, 2.24) is 4.90 Å². The molecule has 1 aliphatic heterocycles. The number of hydrogen-bond donors (Lipinski definition) is 1. The molecule has 120 valence electrons. The first kappa shape index (κ1) is 15.6. The first-order chi connectivity index (χ1) is 11.0. The number of anilines is 1. The number of para-hydroxylation sites is 1. The van der Waals surface area contributed by atoms with Crippen molar-refractivity contribution in [1.29, 1.82) is 0 Å². The normalized spacial score (nSPS) is 20.6. The van der Waals surface area contributed by atoms with Crippen LogP contribution in [-0.4, -0.2) is 16.8 Å². The molecule has 1 aliphatic rings. The van der Waals surface area contributed by atoms with Crippen LogP contribution in [0.15, 0.2) is 54.6 Å². The van der Waals surface area contributed by atoms with E-state index in [4.69, 9.17) is 0 Å². The first-order valence-corrected chi connectivity index (χ1v) is 8.25. The van der Waals surface area contributed by atoms with Crippen LogP contribution in [-0.2, 0) is 5.66 Å². The van der Waals surface area contributed by atoms with Crippen LogP contribution >= 0.6 is 0 Å². The number of nitrogens with zero attached hydrogens (tertiary/aromatic N) is 1. The van der Waals surface area contributed by atoms with E-state index in [-0.39, 0.29) is 17.9 Å². The molecule has 0 aliphatic carbocycles. The van der Waals surface area contributed by atoms with Crippen LogP contribution in [0.3, 0.4) is 0 Å². The fraction of sp³-hybridized carbons (Fsp3) is 0.350. The van der Waals surface area contributed by atoms with Gasteiger partial charge < -0.3 is 10.2 Å². The van der Waals surface area contributed by atoms with E-state index in [0.717, 1.165) is 16.8 Å². The van der Waals surface area contributed by atoms with Crippen molar-refractivity contribution in [3.63, 3.8) is 0 Å². The Balaban J connectivity index is 2.27. The number of fused-ring (bicyclic) bond motifs is 1. The van der Waals surface area contributed by atoms with Gasteiger partial charge in [-0.25, -0.2) is 0 Å². The number of carbonyl (C=O) groups is 1. The maximum absolute atomic E-state index is 13.2. The second-order valence-corrected chi connectivity index (χ2v) is 6.73. The van der Waals surface area contributed by atoms with E-state index in [1.54, 1.807) is 0 Å². The molecule has 1 amide bonds. The van der Waals surface area contributed by atoms with Gasteiger partial charge in [0.1, 0.15) is 5.66 Å². The summed E-state index contributed by atoms with van der Waals surface area (Å²) in [6.45, 7) is 8.48. The van der Waals surface area contributed by atoms with Crippen molar-refractivity contribution in [2.75, 3.05) is 5.32 Å². The van der Waals surface area contributed by atoms with E-state index >= 15 is 0 Å². The van der Waals surface area contributed by atoms with Gasteiger partial charge in [-0.1, -0.05) is 56.3 Å². The zero-order valence-electron chi connectivity index (χ0n) is 14.2. The lowest BCUT2D eigenvalue weighted by Crippen LogP contribution is -2.62. The topological polar surface area (TPSA) is 32.3 Å². The van der Waals surface area contributed by atoms with Gasteiger partial charge in [0.2, 0.25) is 0 Å². The van der Waals surface area contributed by atoms with Crippen LogP contribution in [0, 0.1) is 5.92 Å². The zero-order valence-corrected chi connectivity index (χ0v) is 14.2. The number of nitrogens with one attached hydrogen (secondary N) is 1. The molecule has 0 radical (unpaired) electrons. The number of benzene rings is 2. The molecule has 2 aromatic carbocycles. The minimum absolute atomic E-state index is 0.0889. The Hall–Kier alpha value is -2.29. The Morgan fingerprint density at radius 2 is 1.52 bits per heavy atom. The second-order valence-electron chi connectivity index (χ2n) is 6.73. The van der Waals surface area contributed by atoms with Crippen molar-refractivity contribution in [3.8, 4) is 0 Å². The first-order valence-electron chi connectivity index (χ1n) is 8.25. The van der Waals surface area contributed by atoms with Crippen LogP contribution in [0.4, 0.5) is 5.69 Å². The molecular formula is C20H24N2O. The highest BCUT2D eigenvalue weighted by atomic mass is 16.2. The van der Waals surface area contributed by atoms with Crippen LogP contribution in [0.1, 0.15) is 43.6 Å². The standard InChI is InChI=1S/C20H24N2O/c1-14(2)20(16-10-6-5-7-11-16)21-18-13-9-8-12-17(18)19(23)22(20)15(3)4/h5-15,21H,1-4H3. The highest BCUT2D eigenvalue weighted by Gasteiger charge is 2.49. The van der Waals surface area contributed by atoms with Gasteiger partial charge in [-0.3, -0.25) is 4.79 Å².